The molecule has 0 aliphatic carbocycles. The van der Waals surface area contributed by atoms with Crippen LogP contribution in [0.15, 0.2) is 41.8 Å². The number of carbonyl (C=O) groups excluding carboxylic acids is 1. The van der Waals surface area contributed by atoms with Gasteiger partial charge in [0.2, 0.25) is 0 Å². The SMILES string of the molecule is O=C([C@H](O)c1ncccc1F)N1Cc2cn(S(=O)(=O)c3ccn(CC(F)F)n3)nc2C1. The van der Waals surface area contributed by atoms with Gasteiger partial charge in [-0.2, -0.15) is 22.7 Å². The Labute approximate surface area is 173 Å². The molecule has 1 N–H and O–H groups in total. The molecule has 0 unspecified atom stereocenters. The number of fused-ring (bicyclic) bond motifs is 1. The van der Waals surface area contributed by atoms with E-state index in [1.807, 2.05) is 0 Å². The molecule has 4 heterocycles. The van der Waals surface area contributed by atoms with Crippen LogP contribution in [0.4, 0.5) is 13.2 Å². The summed E-state index contributed by atoms with van der Waals surface area (Å²) in [7, 11) is -4.22. The Bertz CT molecular complexity index is 1220. The lowest BCUT2D eigenvalue weighted by atomic mass is 10.2. The van der Waals surface area contributed by atoms with E-state index >= 15 is 0 Å². The summed E-state index contributed by atoms with van der Waals surface area (Å²) in [5, 5.41) is 17.3. The summed E-state index contributed by atoms with van der Waals surface area (Å²) in [6.07, 6.45) is -0.972. The number of rotatable bonds is 6. The highest BCUT2D eigenvalue weighted by Crippen LogP contribution is 2.27. The quantitative estimate of drug-likeness (QED) is 0.579. The number of pyridine rings is 1. The van der Waals surface area contributed by atoms with Gasteiger partial charge in [-0.15, -0.1) is 0 Å². The number of aliphatic hydroxyl groups excluding tert-OH is 1. The van der Waals surface area contributed by atoms with Crippen LogP contribution < -0.4 is 0 Å². The average Bonchev–Trinajstić information content (AvgIpc) is 3.41. The lowest BCUT2D eigenvalue weighted by molar-refractivity contribution is -0.141. The third kappa shape index (κ3) is 3.90. The van der Waals surface area contributed by atoms with Gasteiger partial charge in [0.1, 0.15) is 18.1 Å². The van der Waals surface area contributed by atoms with Gasteiger partial charge in [0.25, 0.3) is 12.3 Å². The number of alkyl halides is 2. The zero-order valence-corrected chi connectivity index (χ0v) is 16.5. The van der Waals surface area contributed by atoms with Crippen molar-refractivity contribution in [3.8, 4) is 0 Å². The third-order valence-corrected chi connectivity index (χ3v) is 6.03. The van der Waals surface area contributed by atoms with Crippen LogP contribution >= 0.6 is 0 Å². The summed E-state index contributed by atoms with van der Waals surface area (Å²) < 4.78 is 65.4. The maximum absolute atomic E-state index is 13.8. The molecular formula is C17H15F3N6O4S. The average molecular weight is 456 g/mol. The first-order valence-electron chi connectivity index (χ1n) is 8.88. The highest BCUT2D eigenvalue weighted by atomic mass is 32.2. The molecule has 14 heteroatoms. The molecule has 0 aromatic carbocycles. The van der Waals surface area contributed by atoms with Crippen molar-refractivity contribution in [1.82, 2.24) is 28.9 Å². The van der Waals surface area contributed by atoms with Crippen molar-refractivity contribution in [2.45, 2.75) is 37.2 Å². The second-order valence-corrected chi connectivity index (χ2v) is 8.46. The van der Waals surface area contributed by atoms with Gasteiger partial charge in [0.05, 0.1) is 12.2 Å². The lowest BCUT2D eigenvalue weighted by Crippen LogP contribution is -2.32. The van der Waals surface area contributed by atoms with Crippen LogP contribution in [0.5, 0.6) is 0 Å². The molecule has 3 aromatic heterocycles. The Morgan fingerprint density at radius 3 is 2.68 bits per heavy atom. The summed E-state index contributed by atoms with van der Waals surface area (Å²) in [6, 6.07) is 3.47. The molecule has 3 aromatic rings. The number of aromatic nitrogens is 5. The number of nitrogens with zero attached hydrogens (tertiary/aromatic N) is 6. The Morgan fingerprint density at radius 2 is 2.00 bits per heavy atom. The fourth-order valence-corrected chi connectivity index (χ4v) is 4.22. The molecule has 0 saturated carbocycles. The van der Waals surface area contributed by atoms with Gasteiger partial charge in [0.15, 0.2) is 11.1 Å². The zero-order valence-electron chi connectivity index (χ0n) is 15.6. The Kier molecular flexibility index (Phi) is 5.26. The molecule has 1 atom stereocenters. The molecule has 164 valence electrons. The van der Waals surface area contributed by atoms with Crippen molar-refractivity contribution < 1.29 is 31.5 Å². The highest BCUT2D eigenvalue weighted by Gasteiger charge is 2.34. The lowest BCUT2D eigenvalue weighted by Gasteiger charge is -2.19. The number of aliphatic hydroxyl groups is 1. The van der Waals surface area contributed by atoms with Crippen molar-refractivity contribution in [3.05, 3.63) is 59.6 Å². The van der Waals surface area contributed by atoms with Gasteiger partial charge < -0.3 is 10.0 Å². The third-order valence-electron chi connectivity index (χ3n) is 4.60. The summed E-state index contributed by atoms with van der Waals surface area (Å²) in [4.78, 5) is 17.4. The minimum Gasteiger partial charge on any atom is -0.377 e. The number of hydrogen-bond donors (Lipinski definition) is 1. The van der Waals surface area contributed by atoms with Crippen LogP contribution in [-0.4, -0.2) is 54.7 Å². The standard InChI is InChI=1S/C17H15F3N6O4S/c18-11-2-1-4-21-15(11)16(27)17(28)24-6-10-7-26(22-12(10)8-24)31(29,30)14-3-5-25(23-14)9-13(19)20/h1-5,7,13,16,27H,6,8-9H2/t16-/m1/s1. The van der Waals surface area contributed by atoms with E-state index in [0.717, 1.165) is 23.0 Å². The maximum Gasteiger partial charge on any atom is 0.302 e. The van der Waals surface area contributed by atoms with Crippen molar-refractivity contribution in [1.29, 1.82) is 0 Å². The van der Waals surface area contributed by atoms with E-state index in [-0.39, 0.29) is 18.8 Å². The monoisotopic (exact) mass is 456 g/mol. The molecule has 4 rings (SSSR count). The fraction of sp³-hybridized carbons (Fsp3) is 0.294. The Hall–Kier alpha value is -3.26. The van der Waals surface area contributed by atoms with Gasteiger partial charge in [-0.3, -0.25) is 14.5 Å². The van der Waals surface area contributed by atoms with Gasteiger partial charge >= 0.3 is 10.0 Å². The minimum absolute atomic E-state index is 0.0605. The van der Waals surface area contributed by atoms with Crippen molar-refractivity contribution >= 4 is 15.9 Å². The largest absolute Gasteiger partial charge is 0.377 e. The van der Waals surface area contributed by atoms with Gasteiger partial charge in [-0.25, -0.2) is 13.2 Å². The molecule has 1 amide bonds. The topological polar surface area (TPSA) is 123 Å². The normalized spacial score (nSPS) is 14.8. The molecule has 1 aliphatic rings. The van der Waals surface area contributed by atoms with Gasteiger partial charge in [-0.1, -0.05) is 0 Å². The highest BCUT2D eigenvalue weighted by molar-refractivity contribution is 7.89. The second kappa shape index (κ2) is 7.77. The smallest absolute Gasteiger partial charge is 0.302 e. The number of hydrogen-bond acceptors (Lipinski definition) is 7. The van der Waals surface area contributed by atoms with Crippen molar-refractivity contribution in [2.75, 3.05) is 0 Å². The summed E-state index contributed by atoms with van der Waals surface area (Å²) >= 11 is 0. The first kappa shape index (κ1) is 21.0. The number of carbonyl (C=O) groups is 1. The van der Waals surface area contributed by atoms with E-state index in [9.17, 15) is 31.5 Å². The molecule has 0 radical (unpaired) electrons. The van der Waals surface area contributed by atoms with E-state index < -0.39 is 51.5 Å². The summed E-state index contributed by atoms with van der Waals surface area (Å²) in [6.45, 7) is -0.918. The van der Waals surface area contributed by atoms with Gasteiger partial charge in [0, 0.05) is 30.7 Å². The molecule has 1 aliphatic heterocycles. The first-order valence-corrected chi connectivity index (χ1v) is 10.3. The minimum atomic E-state index is -4.22. The van der Waals surface area contributed by atoms with Crippen LogP contribution in [0.3, 0.4) is 0 Å². The van der Waals surface area contributed by atoms with Crippen LogP contribution in [0.25, 0.3) is 0 Å². The molecule has 0 bridgehead atoms. The van der Waals surface area contributed by atoms with Crippen LogP contribution in [0.1, 0.15) is 23.1 Å². The summed E-state index contributed by atoms with van der Waals surface area (Å²) in [5.74, 6) is -1.64. The molecule has 0 saturated heterocycles. The fourth-order valence-electron chi connectivity index (χ4n) is 3.11. The Morgan fingerprint density at radius 1 is 1.23 bits per heavy atom. The summed E-state index contributed by atoms with van der Waals surface area (Å²) in [5.41, 5.74) is 0.249. The van der Waals surface area contributed by atoms with Crippen LogP contribution in [0, 0.1) is 5.82 Å². The molecular weight excluding hydrogens is 441 g/mol. The zero-order chi connectivity index (χ0) is 22.3. The van der Waals surface area contributed by atoms with E-state index in [1.54, 1.807) is 0 Å². The predicted molar refractivity (Wildman–Crippen MR) is 96.5 cm³/mol. The number of halogens is 3. The first-order chi connectivity index (χ1) is 14.7. The maximum atomic E-state index is 13.8. The molecule has 0 fully saturated rings. The predicted octanol–water partition coefficient (Wildman–Crippen LogP) is 0.692. The second-order valence-electron chi connectivity index (χ2n) is 6.71. The van der Waals surface area contributed by atoms with Crippen molar-refractivity contribution in [2.24, 2.45) is 0 Å². The molecule has 31 heavy (non-hydrogen) atoms. The van der Waals surface area contributed by atoms with Crippen LogP contribution in [-0.2, 0) is 34.5 Å². The van der Waals surface area contributed by atoms with Gasteiger partial charge in [-0.05, 0) is 18.2 Å². The van der Waals surface area contributed by atoms with Crippen LogP contribution in [0.2, 0.25) is 0 Å². The Balaban J connectivity index is 1.50. The van der Waals surface area contributed by atoms with E-state index in [2.05, 4.69) is 15.2 Å². The van der Waals surface area contributed by atoms with E-state index in [0.29, 0.717) is 9.65 Å². The van der Waals surface area contributed by atoms with E-state index in [1.165, 1.54) is 23.4 Å². The van der Waals surface area contributed by atoms with Crippen molar-refractivity contribution in [3.63, 3.8) is 0 Å². The number of amides is 1. The molecule has 10 nitrogen and oxygen atoms in total. The van der Waals surface area contributed by atoms with E-state index in [4.69, 9.17) is 0 Å². The molecule has 0 spiro atoms.